The number of aromatic nitrogens is 3. The van der Waals surface area contributed by atoms with E-state index in [1.54, 1.807) is 0 Å². The monoisotopic (exact) mass is 273 g/mol. The molecule has 2 heterocycles. The molecule has 0 radical (unpaired) electrons. The molecular formula is C15H19N3S. The van der Waals surface area contributed by atoms with Gasteiger partial charge in [0.1, 0.15) is 10.3 Å². The number of rotatable bonds is 2. The van der Waals surface area contributed by atoms with E-state index in [0.29, 0.717) is 10.6 Å². The number of aryl methyl sites for hydroxylation is 3. The van der Waals surface area contributed by atoms with Crippen molar-refractivity contribution in [3.05, 3.63) is 39.3 Å². The molecule has 0 saturated heterocycles. The summed E-state index contributed by atoms with van der Waals surface area (Å²) in [5.41, 5.74) is 5.32. The minimum atomic E-state index is 0.373. The summed E-state index contributed by atoms with van der Waals surface area (Å²) in [5, 5.41) is 0. The van der Waals surface area contributed by atoms with Gasteiger partial charge < -0.3 is 4.98 Å². The second kappa shape index (κ2) is 5.21. The van der Waals surface area contributed by atoms with E-state index in [0.717, 1.165) is 33.9 Å². The van der Waals surface area contributed by atoms with Crippen LogP contribution < -0.4 is 0 Å². The summed E-state index contributed by atoms with van der Waals surface area (Å²) < 4.78 is 0.669. The lowest BCUT2D eigenvalue weighted by atomic mass is 10.0. The normalized spacial score (nSPS) is 11.1. The van der Waals surface area contributed by atoms with Gasteiger partial charge in [-0.2, -0.15) is 0 Å². The number of nitrogens with zero attached hydrogens (tertiary/aromatic N) is 2. The molecule has 0 fully saturated rings. The first kappa shape index (κ1) is 13.9. The molecule has 0 atom stereocenters. The molecular weight excluding hydrogens is 254 g/mol. The minimum Gasteiger partial charge on any atom is -0.342 e. The third-order valence-corrected chi connectivity index (χ3v) is 3.48. The van der Waals surface area contributed by atoms with Gasteiger partial charge in [-0.1, -0.05) is 32.1 Å². The van der Waals surface area contributed by atoms with Crippen molar-refractivity contribution in [3.8, 4) is 11.5 Å². The summed E-state index contributed by atoms with van der Waals surface area (Å²) in [4.78, 5) is 12.3. The van der Waals surface area contributed by atoms with Gasteiger partial charge in [-0.05, 0) is 37.8 Å². The fraction of sp³-hybridized carbons (Fsp3) is 0.400. The number of pyridine rings is 1. The second-order valence-electron chi connectivity index (χ2n) is 5.26. The van der Waals surface area contributed by atoms with Crippen molar-refractivity contribution in [2.24, 2.45) is 0 Å². The summed E-state index contributed by atoms with van der Waals surface area (Å²) >= 11 is 5.41. The average molecular weight is 273 g/mol. The first-order chi connectivity index (χ1) is 8.90. The highest BCUT2D eigenvalue weighted by atomic mass is 32.1. The lowest BCUT2D eigenvalue weighted by Crippen LogP contribution is -2.03. The molecule has 3 nitrogen and oxygen atoms in total. The van der Waals surface area contributed by atoms with Crippen LogP contribution in [-0.2, 0) is 0 Å². The molecule has 0 unspecified atom stereocenters. The molecule has 0 aliphatic heterocycles. The Kier molecular flexibility index (Phi) is 3.80. The molecule has 4 heteroatoms. The third-order valence-electron chi connectivity index (χ3n) is 3.17. The lowest BCUT2D eigenvalue weighted by Gasteiger charge is -2.12. The predicted molar refractivity (Wildman–Crippen MR) is 81.0 cm³/mol. The maximum atomic E-state index is 5.41. The van der Waals surface area contributed by atoms with Crippen molar-refractivity contribution in [1.82, 2.24) is 15.0 Å². The molecule has 19 heavy (non-hydrogen) atoms. The first-order valence-corrected chi connectivity index (χ1v) is 6.85. The van der Waals surface area contributed by atoms with E-state index in [1.807, 2.05) is 27.0 Å². The lowest BCUT2D eigenvalue weighted by molar-refractivity contribution is 0.824. The Hall–Kier alpha value is -1.55. The molecule has 2 aromatic rings. The molecule has 2 aromatic heterocycles. The number of hydrogen-bond acceptors (Lipinski definition) is 3. The van der Waals surface area contributed by atoms with Crippen LogP contribution in [0.15, 0.2) is 12.3 Å². The molecule has 0 bridgehead atoms. The molecule has 0 spiro atoms. The maximum absolute atomic E-state index is 5.41. The van der Waals surface area contributed by atoms with Crippen molar-refractivity contribution in [3.63, 3.8) is 0 Å². The maximum Gasteiger partial charge on any atom is 0.158 e. The fourth-order valence-corrected chi connectivity index (χ4v) is 2.83. The topological polar surface area (TPSA) is 41.6 Å². The van der Waals surface area contributed by atoms with Gasteiger partial charge in [-0.3, -0.25) is 4.98 Å². The summed E-state index contributed by atoms with van der Waals surface area (Å²) in [6.07, 6.45) is 1.85. The Morgan fingerprint density at radius 3 is 2.42 bits per heavy atom. The van der Waals surface area contributed by atoms with E-state index in [2.05, 4.69) is 34.9 Å². The molecule has 2 rings (SSSR count). The van der Waals surface area contributed by atoms with Crippen LogP contribution in [0.25, 0.3) is 11.5 Å². The van der Waals surface area contributed by atoms with Crippen LogP contribution in [0.1, 0.15) is 42.1 Å². The Morgan fingerprint density at radius 1 is 1.21 bits per heavy atom. The first-order valence-electron chi connectivity index (χ1n) is 6.44. The van der Waals surface area contributed by atoms with Crippen LogP contribution in [0.4, 0.5) is 0 Å². The van der Waals surface area contributed by atoms with Gasteiger partial charge in [0.15, 0.2) is 5.82 Å². The van der Waals surface area contributed by atoms with Crippen molar-refractivity contribution < 1.29 is 0 Å². The fourth-order valence-electron chi connectivity index (χ4n) is 2.35. The van der Waals surface area contributed by atoms with E-state index in [9.17, 15) is 0 Å². The van der Waals surface area contributed by atoms with Gasteiger partial charge in [0.05, 0.1) is 0 Å². The molecule has 0 aromatic carbocycles. The Morgan fingerprint density at radius 2 is 1.89 bits per heavy atom. The predicted octanol–water partition coefficient (Wildman–Crippen LogP) is 4.25. The van der Waals surface area contributed by atoms with Crippen molar-refractivity contribution in [2.75, 3.05) is 0 Å². The Balaban J connectivity index is 2.62. The minimum absolute atomic E-state index is 0.373. The van der Waals surface area contributed by atoms with Gasteiger partial charge in [-0.25, -0.2) is 4.98 Å². The zero-order chi connectivity index (χ0) is 14.2. The smallest absolute Gasteiger partial charge is 0.158 e. The SMILES string of the molecule is Cc1cnc(-c2nc(=S)c(C(C)C)c(C)[nH]2)c(C)c1. The van der Waals surface area contributed by atoms with Crippen molar-refractivity contribution in [1.29, 1.82) is 0 Å². The second-order valence-corrected chi connectivity index (χ2v) is 5.65. The van der Waals surface area contributed by atoms with E-state index in [-0.39, 0.29) is 0 Å². The van der Waals surface area contributed by atoms with Crippen LogP contribution >= 0.6 is 12.2 Å². The molecule has 0 aliphatic rings. The summed E-state index contributed by atoms with van der Waals surface area (Å²) in [6.45, 7) is 10.4. The highest BCUT2D eigenvalue weighted by Crippen LogP contribution is 2.23. The molecule has 100 valence electrons. The number of nitrogens with one attached hydrogen (secondary N) is 1. The van der Waals surface area contributed by atoms with Crippen molar-refractivity contribution in [2.45, 2.75) is 40.5 Å². The zero-order valence-electron chi connectivity index (χ0n) is 12.0. The summed E-state index contributed by atoms with van der Waals surface area (Å²) in [6, 6.07) is 2.10. The van der Waals surface area contributed by atoms with E-state index >= 15 is 0 Å². The number of aromatic amines is 1. The zero-order valence-corrected chi connectivity index (χ0v) is 12.9. The van der Waals surface area contributed by atoms with Crippen LogP contribution in [0.3, 0.4) is 0 Å². The summed E-state index contributed by atoms with van der Waals surface area (Å²) in [5.74, 6) is 1.13. The van der Waals surface area contributed by atoms with Gasteiger partial charge in [-0.15, -0.1) is 0 Å². The average Bonchev–Trinajstić information content (AvgIpc) is 2.26. The largest absolute Gasteiger partial charge is 0.342 e. The number of hydrogen-bond donors (Lipinski definition) is 1. The quantitative estimate of drug-likeness (QED) is 0.832. The van der Waals surface area contributed by atoms with Crippen molar-refractivity contribution >= 4 is 12.2 Å². The van der Waals surface area contributed by atoms with E-state index in [4.69, 9.17) is 12.2 Å². The molecule has 0 aliphatic carbocycles. The molecule has 0 amide bonds. The standard InChI is InChI=1S/C15H19N3S/c1-8(2)12-11(5)17-14(18-15(12)19)13-10(4)6-9(3)7-16-13/h6-8H,1-5H3,(H,17,18,19). The van der Waals surface area contributed by atoms with E-state index < -0.39 is 0 Å². The highest BCUT2D eigenvalue weighted by Gasteiger charge is 2.12. The van der Waals surface area contributed by atoms with Gasteiger partial charge in [0.25, 0.3) is 0 Å². The number of H-pyrrole nitrogens is 1. The van der Waals surface area contributed by atoms with Crippen LogP contribution in [-0.4, -0.2) is 15.0 Å². The highest BCUT2D eigenvalue weighted by molar-refractivity contribution is 7.71. The molecule has 0 saturated carbocycles. The van der Waals surface area contributed by atoms with Gasteiger partial charge >= 0.3 is 0 Å². The summed E-state index contributed by atoms with van der Waals surface area (Å²) in [7, 11) is 0. The third kappa shape index (κ3) is 2.73. The Bertz CT molecular complexity index is 672. The van der Waals surface area contributed by atoms with Crippen LogP contribution in [0.5, 0.6) is 0 Å². The molecule has 1 N–H and O–H groups in total. The van der Waals surface area contributed by atoms with Crippen LogP contribution in [0.2, 0.25) is 0 Å². The van der Waals surface area contributed by atoms with E-state index in [1.165, 1.54) is 0 Å². The van der Waals surface area contributed by atoms with Gasteiger partial charge in [0, 0.05) is 17.5 Å². The van der Waals surface area contributed by atoms with Gasteiger partial charge in [0.2, 0.25) is 0 Å². The van der Waals surface area contributed by atoms with Crippen LogP contribution in [0, 0.1) is 25.4 Å². The Labute approximate surface area is 119 Å².